The average Bonchev–Trinajstić information content (AvgIpc) is 2.67. The van der Waals surface area contributed by atoms with E-state index in [1.165, 1.54) is 24.8 Å². The molecule has 0 unspecified atom stereocenters. The number of nitrogens with two attached hydrogens (primary N) is 1. The second-order valence-electron chi connectivity index (χ2n) is 6.38. The lowest BCUT2D eigenvalue weighted by atomic mass is 9.96. The number of hydrogen-bond acceptors (Lipinski definition) is 6. The summed E-state index contributed by atoms with van der Waals surface area (Å²) < 4.78 is 0. The number of anilines is 1. The van der Waals surface area contributed by atoms with E-state index < -0.39 is 11.9 Å². The summed E-state index contributed by atoms with van der Waals surface area (Å²) in [5, 5.41) is 8.97. The molecule has 0 saturated heterocycles. The van der Waals surface area contributed by atoms with Gasteiger partial charge in [0.05, 0.1) is 5.56 Å². The first-order valence-electron chi connectivity index (χ1n) is 8.60. The number of hydrogen-bond donors (Lipinski definition) is 3. The SMILES string of the molecule is Nc1ncc(-c2ccc(C(=O)O)cc2)cc1C(=O)ONC1CCCCC1. The molecular formula is C19H21N3O4. The van der Waals surface area contributed by atoms with Gasteiger partial charge in [-0.05, 0) is 36.6 Å². The van der Waals surface area contributed by atoms with E-state index in [2.05, 4.69) is 10.5 Å². The van der Waals surface area contributed by atoms with E-state index in [9.17, 15) is 9.59 Å². The highest BCUT2D eigenvalue weighted by Crippen LogP contribution is 2.23. The van der Waals surface area contributed by atoms with E-state index >= 15 is 0 Å². The van der Waals surface area contributed by atoms with Gasteiger partial charge in [0.25, 0.3) is 0 Å². The van der Waals surface area contributed by atoms with Crippen LogP contribution in [0, 0.1) is 0 Å². The van der Waals surface area contributed by atoms with Crippen molar-refractivity contribution in [3.8, 4) is 11.1 Å². The first-order chi connectivity index (χ1) is 12.5. The number of carboxylic acids is 1. The Balaban J connectivity index is 1.74. The number of hydroxylamine groups is 1. The average molecular weight is 355 g/mol. The Morgan fingerprint density at radius 1 is 1.12 bits per heavy atom. The molecule has 26 heavy (non-hydrogen) atoms. The molecular weight excluding hydrogens is 334 g/mol. The lowest BCUT2D eigenvalue weighted by Gasteiger charge is -2.21. The van der Waals surface area contributed by atoms with Crippen molar-refractivity contribution in [1.82, 2.24) is 10.5 Å². The lowest BCUT2D eigenvalue weighted by Crippen LogP contribution is -2.33. The Hall–Kier alpha value is -2.93. The minimum Gasteiger partial charge on any atom is -0.478 e. The molecule has 0 bridgehead atoms. The number of aromatic nitrogens is 1. The number of nitrogens with zero attached hydrogens (tertiary/aromatic N) is 1. The number of nitrogen functional groups attached to an aromatic ring is 1. The number of benzene rings is 1. The summed E-state index contributed by atoms with van der Waals surface area (Å²) in [6.45, 7) is 0. The molecule has 0 amide bonds. The summed E-state index contributed by atoms with van der Waals surface area (Å²) in [5.41, 5.74) is 10.4. The largest absolute Gasteiger partial charge is 0.478 e. The highest BCUT2D eigenvalue weighted by molar-refractivity contribution is 5.95. The van der Waals surface area contributed by atoms with Crippen molar-refractivity contribution in [2.24, 2.45) is 0 Å². The number of nitrogens with one attached hydrogen (secondary N) is 1. The van der Waals surface area contributed by atoms with Crippen LogP contribution < -0.4 is 11.2 Å². The van der Waals surface area contributed by atoms with Gasteiger partial charge < -0.3 is 15.7 Å². The summed E-state index contributed by atoms with van der Waals surface area (Å²) in [6, 6.07) is 8.09. The van der Waals surface area contributed by atoms with Crippen molar-refractivity contribution < 1.29 is 19.5 Å². The van der Waals surface area contributed by atoms with Gasteiger partial charge in [-0.3, -0.25) is 0 Å². The monoisotopic (exact) mass is 355 g/mol. The summed E-state index contributed by atoms with van der Waals surface area (Å²) in [6.07, 6.45) is 6.97. The number of carbonyl (C=O) groups excluding carboxylic acids is 1. The molecule has 136 valence electrons. The van der Waals surface area contributed by atoms with Gasteiger partial charge in [-0.25, -0.2) is 14.6 Å². The minimum atomic E-state index is -0.995. The topological polar surface area (TPSA) is 115 Å². The predicted molar refractivity (Wildman–Crippen MR) is 96.5 cm³/mol. The van der Waals surface area contributed by atoms with Crippen LogP contribution in [0.25, 0.3) is 11.1 Å². The van der Waals surface area contributed by atoms with Crippen LogP contribution in [0.2, 0.25) is 0 Å². The fraction of sp³-hybridized carbons (Fsp3) is 0.316. The normalized spacial score (nSPS) is 14.8. The first kappa shape index (κ1) is 17.9. The van der Waals surface area contributed by atoms with Gasteiger partial charge in [0.1, 0.15) is 11.4 Å². The van der Waals surface area contributed by atoms with Gasteiger partial charge in [0.2, 0.25) is 0 Å². The summed E-state index contributed by atoms with van der Waals surface area (Å²) in [7, 11) is 0. The maximum absolute atomic E-state index is 12.4. The molecule has 0 atom stereocenters. The van der Waals surface area contributed by atoms with Crippen molar-refractivity contribution in [3.05, 3.63) is 47.7 Å². The summed E-state index contributed by atoms with van der Waals surface area (Å²) >= 11 is 0. The molecule has 7 heteroatoms. The molecule has 1 aromatic heterocycles. The quantitative estimate of drug-likeness (QED) is 0.706. The molecule has 1 aliphatic rings. The second-order valence-corrected chi connectivity index (χ2v) is 6.38. The molecule has 2 aromatic rings. The lowest BCUT2D eigenvalue weighted by molar-refractivity contribution is 0.0114. The van der Waals surface area contributed by atoms with E-state index in [4.69, 9.17) is 15.7 Å². The zero-order chi connectivity index (χ0) is 18.5. The van der Waals surface area contributed by atoms with Crippen molar-refractivity contribution in [2.45, 2.75) is 38.1 Å². The number of rotatable bonds is 5. The summed E-state index contributed by atoms with van der Waals surface area (Å²) in [4.78, 5) is 32.6. The van der Waals surface area contributed by atoms with Crippen LogP contribution >= 0.6 is 0 Å². The van der Waals surface area contributed by atoms with Crippen molar-refractivity contribution in [1.29, 1.82) is 0 Å². The molecule has 4 N–H and O–H groups in total. The van der Waals surface area contributed by atoms with Gasteiger partial charge in [-0.2, -0.15) is 0 Å². The molecule has 0 aliphatic heterocycles. The first-order valence-corrected chi connectivity index (χ1v) is 8.60. The maximum atomic E-state index is 12.4. The van der Waals surface area contributed by atoms with Gasteiger partial charge in [-0.1, -0.05) is 31.4 Å². The standard InChI is InChI=1S/C19H21N3O4/c20-17-16(19(25)26-22-15-4-2-1-3-5-15)10-14(11-21-17)12-6-8-13(9-7-12)18(23)24/h6-11,15,22H,1-5H2,(H2,20,21)(H,23,24). The molecule has 0 spiro atoms. The van der Waals surface area contributed by atoms with Crippen LogP contribution in [0.4, 0.5) is 5.82 Å². The van der Waals surface area contributed by atoms with Crippen LogP contribution in [0.15, 0.2) is 36.5 Å². The van der Waals surface area contributed by atoms with E-state index in [1.807, 2.05) is 0 Å². The second kappa shape index (κ2) is 7.97. The van der Waals surface area contributed by atoms with Crippen molar-refractivity contribution >= 4 is 17.8 Å². The Kier molecular flexibility index (Phi) is 5.48. The van der Waals surface area contributed by atoms with Crippen LogP contribution in [0.3, 0.4) is 0 Å². The predicted octanol–water partition coefficient (Wildman–Crippen LogP) is 3.02. The molecule has 7 nitrogen and oxygen atoms in total. The van der Waals surface area contributed by atoms with E-state index in [0.29, 0.717) is 5.56 Å². The molecule has 0 radical (unpaired) electrons. The Bertz CT molecular complexity index is 799. The molecule has 1 aromatic carbocycles. The third kappa shape index (κ3) is 4.18. The van der Waals surface area contributed by atoms with Crippen LogP contribution in [-0.4, -0.2) is 28.1 Å². The Labute approximate surface area is 151 Å². The van der Waals surface area contributed by atoms with Gasteiger partial charge in [0, 0.05) is 17.8 Å². The zero-order valence-electron chi connectivity index (χ0n) is 14.3. The van der Waals surface area contributed by atoms with Gasteiger partial charge >= 0.3 is 11.9 Å². The van der Waals surface area contributed by atoms with Crippen molar-refractivity contribution in [2.75, 3.05) is 5.73 Å². The fourth-order valence-electron chi connectivity index (χ4n) is 3.01. The highest BCUT2D eigenvalue weighted by Gasteiger charge is 2.18. The van der Waals surface area contributed by atoms with Crippen LogP contribution in [-0.2, 0) is 4.84 Å². The minimum absolute atomic E-state index is 0.0892. The van der Waals surface area contributed by atoms with Gasteiger partial charge in [0.15, 0.2) is 0 Å². The highest BCUT2D eigenvalue weighted by atomic mass is 16.7. The molecule has 1 heterocycles. The Morgan fingerprint density at radius 3 is 2.46 bits per heavy atom. The summed E-state index contributed by atoms with van der Waals surface area (Å²) in [5.74, 6) is -1.49. The third-order valence-electron chi connectivity index (χ3n) is 4.53. The number of carbonyl (C=O) groups is 2. The molecule has 3 rings (SSSR count). The van der Waals surface area contributed by atoms with Crippen molar-refractivity contribution in [3.63, 3.8) is 0 Å². The van der Waals surface area contributed by atoms with Gasteiger partial charge in [-0.15, -0.1) is 5.48 Å². The van der Waals surface area contributed by atoms with E-state index in [0.717, 1.165) is 31.2 Å². The maximum Gasteiger partial charge on any atom is 0.360 e. The van der Waals surface area contributed by atoms with Crippen LogP contribution in [0.1, 0.15) is 52.8 Å². The van der Waals surface area contributed by atoms with E-state index in [1.54, 1.807) is 18.2 Å². The van der Waals surface area contributed by atoms with Crippen LogP contribution in [0.5, 0.6) is 0 Å². The Morgan fingerprint density at radius 2 is 1.81 bits per heavy atom. The van der Waals surface area contributed by atoms with E-state index in [-0.39, 0.29) is 23.0 Å². The number of pyridine rings is 1. The molecule has 1 fully saturated rings. The zero-order valence-corrected chi connectivity index (χ0v) is 14.3. The molecule has 1 aliphatic carbocycles. The third-order valence-corrected chi connectivity index (χ3v) is 4.53. The molecule has 1 saturated carbocycles. The smallest absolute Gasteiger partial charge is 0.360 e. The fourth-order valence-corrected chi connectivity index (χ4v) is 3.01. The number of carboxylic acid groups (broad SMARTS) is 1. The number of aromatic carboxylic acids is 1.